The molecule has 2 rings (SSSR count). The molecule has 2 aliphatic rings. The molecule has 2 heterocycles. The van der Waals surface area contributed by atoms with Crippen LogP contribution in [0.5, 0.6) is 0 Å². The molecule has 0 radical (unpaired) electrons. The highest BCUT2D eigenvalue weighted by atomic mass is 16.8. The summed E-state index contributed by atoms with van der Waals surface area (Å²) in [6, 6.07) is -0.864. The van der Waals surface area contributed by atoms with Crippen molar-refractivity contribution >= 4 is 5.97 Å². The number of hydrogen-bond donors (Lipinski definition) is 1. The van der Waals surface area contributed by atoms with Gasteiger partial charge in [0.05, 0.1) is 6.61 Å². The molecule has 1 N–H and O–H groups in total. The number of ether oxygens (including phenoxy) is 3. The van der Waals surface area contributed by atoms with Gasteiger partial charge in [-0.15, -0.1) is 0 Å². The van der Waals surface area contributed by atoms with Crippen molar-refractivity contribution in [1.29, 1.82) is 0 Å². The molecule has 17 heavy (non-hydrogen) atoms. The molecular weight excluding hydrogens is 230 g/mol. The highest BCUT2D eigenvalue weighted by Gasteiger charge is 2.57. The Labute approximate surface area is 97.1 Å². The molecule has 94 valence electrons. The van der Waals surface area contributed by atoms with Gasteiger partial charge in [-0.3, -0.25) is 0 Å². The number of azide groups is 1. The van der Waals surface area contributed by atoms with E-state index in [0.29, 0.717) is 0 Å². The lowest BCUT2D eigenvalue weighted by Gasteiger charge is -2.23. The summed E-state index contributed by atoms with van der Waals surface area (Å²) < 4.78 is 15.9. The fourth-order valence-electron chi connectivity index (χ4n) is 2.05. The predicted molar refractivity (Wildman–Crippen MR) is 53.7 cm³/mol. The topological polar surface area (TPSA) is 114 Å². The summed E-state index contributed by atoms with van der Waals surface area (Å²) in [5.41, 5.74) is 8.37. The second-order valence-electron chi connectivity index (χ2n) is 4.38. The Kier molecular flexibility index (Phi) is 2.96. The fraction of sp³-hybridized carbons (Fsp3) is 0.889. The summed E-state index contributed by atoms with van der Waals surface area (Å²) in [6.45, 7) is 2.93. The number of aliphatic hydroxyl groups is 1. The second-order valence-corrected chi connectivity index (χ2v) is 4.38. The molecule has 0 aromatic heterocycles. The molecule has 0 saturated carbocycles. The first kappa shape index (κ1) is 12.1. The Balaban J connectivity index is 2.20. The summed E-state index contributed by atoms with van der Waals surface area (Å²) in [7, 11) is 0. The molecule has 0 aromatic rings. The number of cyclic esters (lactones) is 1. The molecular formula is C9H13N3O5. The van der Waals surface area contributed by atoms with E-state index in [4.69, 9.17) is 24.8 Å². The molecule has 8 nitrogen and oxygen atoms in total. The van der Waals surface area contributed by atoms with E-state index in [1.165, 1.54) is 0 Å². The van der Waals surface area contributed by atoms with Crippen LogP contribution in [-0.2, 0) is 19.0 Å². The third kappa shape index (κ3) is 2.07. The van der Waals surface area contributed by atoms with Gasteiger partial charge in [0.2, 0.25) is 0 Å². The average molecular weight is 243 g/mol. The van der Waals surface area contributed by atoms with Crippen LogP contribution in [0.2, 0.25) is 0 Å². The fourth-order valence-corrected chi connectivity index (χ4v) is 2.05. The number of esters is 1. The number of aliphatic hydroxyl groups excluding tert-OH is 1. The zero-order valence-corrected chi connectivity index (χ0v) is 9.44. The van der Waals surface area contributed by atoms with Crippen molar-refractivity contribution in [3.8, 4) is 0 Å². The minimum absolute atomic E-state index is 0.422. The van der Waals surface area contributed by atoms with E-state index < -0.39 is 42.7 Å². The van der Waals surface area contributed by atoms with E-state index in [2.05, 4.69) is 10.0 Å². The maximum Gasteiger partial charge on any atom is 0.338 e. The summed E-state index contributed by atoms with van der Waals surface area (Å²) in [4.78, 5) is 14.1. The summed E-state index contributed by atoms with van der Waals surface area (Å²) in [6.07, 6.45) is -2.28. The smallest absolute Gasteiger partial charge is 0.338 e. The van der Waals surface area contributed by atoms with Crippen LogP contribution in [0.15, 0.2) is 5.11 Å². The van der Waals surface area contributed by atoms with Gasteiger partial charge in [0.1, 0.15) is 18.2 Å². The van der Waals surface area contributed by atoms with E-state index in [1.54, 1.807) is 13.8 Å². The molecule has 0 unspecified atom stereocenters. The number of rotatable bonds is 3. The van der Waals surface area contributed by atoms with Crippen molar-refractivity contribution in [2.75, 3.05) is 6.61 Å². The molecule has 8 heteroatoms. The molecule has 0 aliphatic carbocycles. The van der Waals surface area contributed by atoms with Gasteiger partial charge in [0.15, 0.2) is 11.9 Å². The average Bonchev–Trinajstić information content (AvgIpc) is 2.71. The highest BCUT2D eigenvalue weighted by Crippen LogP contribution is 2.37. The van der Waals surface area contributed by atoms with E-state index in [1.807, 2.05) is 0 Å². The first-order chi connectivity index (χ1) is 7.98. The first-order valence-corrected chi connectivity index (χ1v) is 5.19. The molecule has 0 bridgehead atoms. The maximum atomic E-state index is 11.5. The van der Waals surface area contributed by atoms with Crippen LogP contribution < -0.4 is 0 Å². The Morgan fingerprint density at radius 1 is 1.59 bits per heavy atom. The van der Waals surface area contributed by atoms with E-state index >= 15 is 0 Å². The van der Waals surface area contributed by atoms with Crippen molar-refractivity contribution in [1.82, 2.24) is 0 Å². The van der Waals surface area contributed by atoms with Crippen molar-refractivity contribution in [2.45, 2.75) is 44.0 Å². The quantitative estimate of drug-likeness (QED) is 0.327. The van der Waals surface area contributed by atoms with Crippen LogP contribution >= 0.6 is 0 Å². The van der Waals surface area contributed by atoms with Crippen molar-refractivity contribution in [3.63, 3.8) is 0 Å². The van der Waals surface area contributed by atoms with Crippen LogP contribution in [-0.4, -0.2) is 47.8 Å². The van der Waals surface area contributed by atoms with Crippen LogP contribution in [0.25, 0.3) is 10.4 Å². The third-order valence-corrected chi connectivity index (χ3v) is 2.70. The molecule has 2 saturated heterocycles. The first-order valence-electron chi connectivity index (χ1n) is 5.19. The molecule has 0 spiro atoms. The Hall–Kier alpha value is -1.34. The number of hydrogen-bond acceptors (Lipinski definition) is 6. The van der Waals surface area contributed by atoms with Gasteiger partial charge in [0.25, 0.3) is 0 Å². The third-order valence-electron chi connectivity index (χ3n) is 2.70. The molecule has 2 fully saturated rings. The molecule has 0 amide bonds. The lowest BCUT2D eigenvalue weighted by Crippen LogP contribution is -2.39. The van der Waals surface area contributed by atoms with E-state index in [9.17, 15) is 4.79 Å². The zero-order chi connectivity index (χ0) is 12.6. The van der Waals surface area contributed by atoms with Crippen LogP contribution in [0.1, 0.15) is 13.8 Å². The number of fused-ring (bicyclic) bond motifs is 1. The SMILES string of the molecule is CC1(C)O[C@H]2[C@@H]([C@@H](CO)N=[N+]=[N-])OC(=O)[C@H]2O1. The van der Waals surface area contributed by atoms with E-state index in [0.717, 1.165) is 0 Å². The standard InChI is InChI=1S/C9H13N3O5/c1-9(2)16-6-5(4(3-13)11-12-10)15-8(14)7(6)17-9/h4-7,13H,3H2,1-2H3/t4-,5-,6+,7+/m1/s1. The predicted octanol–water partition coefficient (Wildman–Crippen LogP) is 0.103. The summed E-state index contributed by atoms with van der Waals surface area (Å²) in [5.74, 6) is -1.44. The minimum atomic E-state index is -0.886. The van der Waals surface area contributed by atoms with Crippen LogP contribution in [0, 0.1) is 0 Å². The van der Waals surface area contributed by atoms with Crippen molar-refractivity contribution in [2.24, 2.45) is 5.11 Å². The zero-order valence-electron chi connectivity index (χ0n) is 9.44. The highest BCUT2D eigenvalue weighted by molar-refractivity contribution is 5.78. The van der Waals surface area contributed by atoms with Gasteiger partial charge >= 0.3 is 5.97 Å². The lowest BCUT2D eigenvalue weighted by molar-refractivity contribution is -0.188. The van der Waals surface area contributed by atoms with Gasteiger partial charge < -0.3 is 19.3 Å². The largest absolute Gasteiger partial charge is 0.457 e. The Bertz CT molecular complexity index is 379. The van der Waals surface area contributed by atoms with Gasteiger partial charge in [-0.1, -0.05) is 5.11 Å². The van der Waals surface area contributed by atoms with Gasteiger partial charge in [-0.05, 0) is 19.4 Å². The van der Waals surface area contributed by atoms with Gasteiger partial charge in [-0.2, -0.15) is 0 Å². The number of carbonyl (C=O) groups is 1. The summed E-state index contributed by atoms with van der Waals surface area (Å²) >= 11 is 0. The number of carbonyl (C=O) groups excluding carboxylic acids is 1. The van der Waals surface area contributed by atoms with Crippen molar-refractivity contribution < 1.29 is 24.1 Å². The van der Waals surface area contributed by atoms with Crippen LogP contribution in [0.3, 0.4) is 0 Å². The molecule has 4 atom stereocenters. The second kappa shape index (κ2) is 4.15. The molecule has 2 aliphatic heterocycles. The van der Waals surface area contributed by atoms with E-state index in [-0.39, 0.29) is 0 Å². The Morgan fingerprint density at radius 3 is 2.88 bits per heavy atom. The molecule has 0 aromatic carbocycles. The van der Waals surface area contributed by atoms with Gasteiger partial charge in [-0.25, -0.2) is 4.79 Å². The lowest BCUT2D eigenvalue weighted by atomic mass is 10.1. The maximum absolute atomic E-state index is 11.5. The normalized spacial score (nSPS) is 35.9. The Morgan fingerprint density at radius 2 is 2.29 bits per heavy atom. The monoisotopic (exact) mass is 243 g/mol. The van der Waals surface area contributed by atoms with Crippen LogP contribution in [0.4, 0.5) is 0 Å². The minimum Gasteiger partial charge on any atom is -0.457 e. The van der Waals surface area contributed by atoms with Gasteiger partial charge in [0, 0.05) is 4.91 Å². The number of nitrogens with zero attached hydrogens (tertiary/aromatic N) is 3. The van der Waals surface area contributed by atoms with Crippen molar-refractivity contribution in [3.05, 3.63) is 10.4 Å². The summed E-state index contributed by atoms with van der Waals surface area (Å²) in [5, 5.41) is 12.5.